The lowest BCUT2D eigenvalue weighted by molar-refractivity contribution is -0.129. The summed E-state index contributed by atoms with van der Waals surface area (Å²) < 4.78 is 10.3. The Labute approximate surface area is 144 Å². The average Bonchev–Trinajstić information content (AvgIpc) is 2.59. The Morgan fingerprint density at radius 3 is 2.38 bits per heavy atom. The molecule has 0 aliphatic heterocycles. The summed E-state index contributed by atoms with van der Waals surface area (Å²) in [7, 11) is 1.57. The second-order valence-corrected chi connectivity index (χ2v) is 5.30. The number of hydrogen-bond donors (Lipinski definition) is 2. The maximum atomic E-state index is 11.8. The molecule has 0 aromatic heterocycles. The van der Waals surface area contributed by atoms with Crippen LogP contribution in [0.5, 0.6) is 11.5 Å². The number of amides is 2. The average molecular weight is 349 g/mol. The van der Waals surface area contributed by atoms with Gasteiger partial charge in [-0.25, -0.2) is 0 Å². The van der Waals surface area contributed by atoms with E-state index >= 15 is 0 Å². The first-order chi connectivity index (χ1) is 11.6. The van der Waals surface area contributed by atoms with Gasteiger partial charge in [0.1, 0.15) is 11.5 Å². The number of ether oxygens (including phenoxy) is 2. The van der Waals surface area contributed by atoms with E-state index in [2.05, 4.69) is 10.9 Å². The summed E-state index contributed by atoms with van der Waals surface area (Å²) in [4.78, 5) is 23.4. The molecule has 0 radical (unpaired) electrons. The van der Waals surface area contributed by atoms with Gasteiger partial charge in [0.2, 0.25) is 5.91 Å². The Kier molecular flexibility index (Phi) is 6.45. The van der Waals surface area contributed by atoms with Crippen LogP contribution >= 0.6 is 11.6 Å². The Hall–Kier alpha value is -2.73. The number of methoxy groups -OCH3 is 1. The summed E-state index contributed by atoms with van der Waals surface area (Å²) in [5, 5.41) is 0.515. The van der Waals surface area contributed by atoms with Crippen molar-refractivity contribution in [2.24, 2.45) is 0 Å². The van der Waals surface area contributed by atoms with Crippen molar-refractivity contribution in [3.05, 3.63) is 59.1 Å². The lowest BCUT2D eigenvalue weighted by Crippen LogP contribution is -2.44. The van der Waals surface area contributed by atoms with Crippen LogP contribution in [-0.4, -0.2) is 25.5 Å². The Morgan fingerprint density at radius 2 is 1.71 bits per heavy atom. The van der Waals surface area contributed by atoms with Gasteiger partial charge in [0.15, 0.2) is 6.61 Å². The van der Waals surface area contributed by atoms with Crippen molar-refractivity contribution < 1.29 is 19.1 Å². The van der Waals surface area contributed by atoms with Crippen LogP contribution in [0.4, 0.5) is 0 Å². The topological polar surface area (TPSA) is 76.7 Å². The quantitative estimate of drug-likeness (QED) is 0.784. The number of nitrogens with one attached hydrogen (secondary N) is 2. The predicted octanol–water partition coefficient (Wildman–Crippen LogP) is 2.12. The van der Waals surface area contributed by atoms with Gasteiger partial charge in [0, 0.05) is 5.02 Å². The Balaban J connectivity index is 1.71. The van der Waals surface area contributed by atoms with Crippen LogP contribution in [0, 0.1) is 0 Å². The molecule has 0 aliphatic rings. The Morgan fingerprint density at radius 1 is 1.00 bits per heavy atom. The largest absolute Gasteiger partial charge is 0.497 e. The minimum absolute atomic E-state index is 0.138. The van der Waals surface area contributed by atoms with Crippen molar-refractivity contribution in [2.45, 2.75) is 6.42 Å². The van der Waals surface area contributed by atoms with Crippen LogP contribution in [-0.2, 0) is 16.0 Å². The summed E-state index contributed by atoms with van der Waals surface area (Å²) in [5.74, 6) is 0.377. The van der Waals surface area contributed by atoms with Crippen LogP contribution in [0.25, 0.3) is 0 Å². The zero-order valence-corrected chi connectivity index (χ0v) is 13.8. The van der Waals surface area contributed by atoms with Gasteiger partial charge in [-0.05, 0) is 35.9 Å². The minimum Gasteiger partial charge on any atom is -0.497 e. The predicted molar refractivity (Wildman–Crippen MR) is 89.9 cm³/mol. The van der Waals surface area contributed by atoms with Gasteiger partial charge >= 0.3 is 0 Å². The molecule has 0 heterocycles. The summed E-state index contributed by atoms with van der Waals surface area (Å²) in [6, 6.07) is 13.8. The third-order valence-corrected chi connectivity index (χ3v) is 3.27. The number of hydrogen-bond acceptors (Lipinski definition) is 4. The van der Waals surface area contributed by atoms with Crippen LogP contribution < -0.4 is 20.3 Å². The first kappa shape index (κ1) is 17.6. The molecule has 0 unspecified atom stereocenters. The zero-order valence-electron chi connectivity index (χ0n) is 13.0. The van der Waals surface area contributed by atoms with E-state index < -0.39 is 5.91 Å². The summed E-state index contributed by atoms with van der Waals surface area (Å²) in [5.41, 5.74) is 5.42. The summed E-state index contributed by atoms with van der Waals surface area (Å²) >= 11 is 5.81. The van der Waals surface area contributed by atoms with Gasteiger partial charge < -0.3 is 9.47 Å². The van der Waals surface area contributed by atoms with Crippen LogP contribution in [0.1, 0.15) is 5.56 Å². The van der Waals surface area contributed by atoms with E-state index in [9.17, 15) is 9.59 Å². The van der Waals surface area contributed by atoms with Crippen molar-refractivity contribution in [3.8, 4) is 11.5 Å². The molecule has 0 fully saturated rings. The van der Waals surface area contributed by atoms with Gasteiger partial charge in [-0.15, -0.1) is 0 Å². The molecule has 2 amide bonds. The number of hydrazine groups is 1. The van der Waals surface area contributed by atoms with E-state index in [1.807, 2.05) is 0 Å². The van der Waals surface area contributed by atoms with Crippen molar-refractivity contribution in [1.82, 2.24) is 10.9 Å². The number of carbonyl (C=O) groups is 2. The first-order valence-electron chi connectivity index (χ1n) is 7.16. The number of rotatable bonds is 6. The van der Waals surface area contributed by atoms with Crippen molar-refractivity contribution in [3.63, 3.8) is 0 Å². The van der Waals surface area contributed by atoms with Gasteiger partial charge in [-0.2, -0.15) is 0 Å². The lowest BCUT2D eigenvalue weighted by Gasteiger charge is -2.09. The highest BCUT2D eigenvalue weighted by Gasteiger charge is 2.07. The van der Waals surface area contributed by atoms with Gasteiger partial charge in [-0.1, -0.05) is 29.8 Å². The minimum atomic E-state index is -0.474. The second kappa shape index (κ2) is 8.79. The molecule has 0 saturated carbocycles. The number of benzene rings is 2. The number of halogens is 1. The van der Waals surface area contributed by atoms with E-state index in [1.165, 1.54) is 0 Å². The highest BCUT2D eigenvalue weighted by atomic mass is 35.5. The van der Waals surface area contributed by atoms with Crippen molar-refractivity contribution >= 4 is 23.4 Å². The molecule has 0 spiro atoms. The van der Waals surface area contributed by atoms with Crippen LogP contribution in [0.15, 0.2) is 48.5 Å². The Bertz CT molecular complexity index is 704. The molecule has 2 N–H and O–H groups in total. The third-order valence-electron chi connectivity index (χ3n) is 3.03. The summed E-state index contributed by atoms with van der Waals surface area (Å²) in [6.45, 7) is -0.233. The van der Waals surface area contributed by atoms with Crippen LogP contribution in [0.3, 0.4) is 0 Å². The molecule has 6 nitrogen and oxygen atoms in total. The van der Waals surface area contributed by atoms with Gasteiger partial charge in [0.25, 0.3) is 5.91 Å². The molecule has 2 rings (SSSR count). The molecule has 0 saturated heterocycles. The molecule has 0 atom stereocenters. The maximum Gasteiger partial charge on any atom is 0.276 e. The smallest absolute Gasteiger partial charge is 0.276 e. The maximum absolute atomic E-state index is 11.8. The highest BCUT2D eigenvalue weighted by Crippen LogP contribution is 2.16. The van der Waals surface area contributed by atoms with E-state index in [-0.39, 0.29) is 18.9 Å². The normalized spacial score (nSPS) is 9.92. The van der Waals surface area contributed by atoms with E-state index in [1.54, 1.807) is 55.6 Å². The molecular weight excluding hydrogens is 332 g/mol. The highest BCUT2D eigenvalue weighted by molar-refractivity contribution is 6.30. The van der Waals surface area contributed by atoms with E-state index in [4.69, 9.17) is 21.1 Å². The molecule has 24 heavy (non-hydrogen) atoms. The fraction of sp³-hybridized carbons (Fsp3) is 0.176. The SMILES string of the molecule is COc1ccc(CC(=O)NNC(=O)COc2cccc(Cl)c2)cc1. The standard InChI is InChI=1S/C17H17ClN2O4/c1-23-14-7-5-12(6-8-14)9-16(21)19-20-17(22)11-24-15-4-2-3-13(18)10-15/h2-8,10H,9,11H2,1H3,(H,19,21)(H,20,22). The fourth-order valence-corrected chi connectivity index (χ4v) is 2.03. The van der Waals surface area contributed by atoms with E-state index in [0.29, 0.717) is 16.5 Å². The second-order valence-electron chi connectivity index (χ2n) is 4.87. The van der Waals surface area contributed by atoms with E-state index in [0.717, 1.165) is 5.56 Å². The molecule has 126 valence electrons. The van der Waals surface area contributed by atoms with Gasteiger partial charge in [0.05, 0.1) is 13.5 Å². The molecule has 0 aliphatic carbocycles. The fourth-order valence-electron chi connectivity index (χ4n) is 1.85. The lowest BCUT2D eigenvalue weighted by atomic mass is 10.1. The van der Waals surface area contributed by atoms with Gasteiger partial charge in [-0.3, -0.25) is 20.4 Å². The molecule has 2 aromatic rings. The zero-order chi connectivity index (χ0) is 17.4. The van der Waals surface area contributed by atoms with Crippen LogP contribution in [0.2, 0.25) is 5.02 Å². The van der Waals surface area contributed by atoms with Crippen molar-refractivity contribution in [1.29, 1.82) is 0 Å². The summed E-state index contributed by atoms with van der Waals surface area (Å²) in [6.07, 6.45) is 0.138. The molecular formula is C17H17ClN2O4. The molecule has 7 heteroatoms. The molecule has 0 bridgehead atoms. The van der Waals surface area contributed by atoms with Crippen molar-refractivity contribution in [2.75, 3.05) is 13.7 Å². The molecule has 2 aromatic carbocycles. The monoisotopic (exact) mass is 348 g/mol. The third kappa shape index (κ3) is 5.81. The first-order valence-corrected chi connectivity index (χ1v) is 7.53. The number of carbonyl (C=O) groups excluding carboxylic acids is 2.